The number of anilines is 1. The first-order valence-electron chi connectivity index (χ1n) is 8.28. The molecule has 27 heavy (non-hydrogen) atoms. The summed E-state index contributed by atoms with van der Waals surface area (Å²) < 4.78 is 38.7. The Hall–Kier alpha value is -2.78. The predicted octanol–water partition coefficient (Wildman–Crippen LogP) is 3.35. The Morgan fingerprint density at radius 1 is 1.04 bits per heavy atom. The monoisotopic (exact) mass is 399 g/mol. The fourth-order valence-corrected chi connectivity index (χ4v) is 4.89. The summed E-state index contributed by atoms with van der Waals surface area (Å²) in [5.41, 5.74) is 3.90. The molecule has 2 aromatic heterocycles. The van der Waals surface area contributed by atoms with E-state index in [1.807, 2.05) is 37.3 Å². The molecule has 4 aromatic rings. The van der Waals surface area contributed by atoms with Gasteiger partial charge >= 0.3 is 0 Å². The first-order valence-corrected chi connectivity index (χ1v) is 10.5. The summed E-state index contributed by atoms with van der Waals surface area (Å²) >= 11 is 0.992. The third-order valence-electron chi connectivity index (χ3n) is 4.33. The molecule has 2 heterocycles. The quantitative estimate of drug-likeness (QED) is 0.556. The van der Waals surface area contributed by atoms with Crippen LogP contribution in [0.4, 0.5) is 5.69 Å². The van der Waals surface area contributed by atoms with Gasteiger partial charge < -0.3 is 0 Å². The molecule has 0 amide bonds. The molecule has 0 fully saturated rings. The summed E-state index contributed by atoms with van der Waals surface area (Å²) in [5.74, 6) is 0. The van der Waals surface area contributed by atoms with Crippen molar-refractivity contribution in [2.45, 2.75) is 25.3 Å². The van der Waals surface area contributed by atoms with Crippen molar-refractivity contribution in [3.05, 3.63) is 65.5 Å². The zero-order valence-corrected chi connectivity index (χ0v) is 16.4. The van der Waals surface area contributed by atoms with Crippen LogP contribution in [0, 0.1) is 13.8 Å². The highest BCUT2D eigenvalue weighted by Gasteiger charge is 2.23. The number of sulfonamides is 1. The van der Waals surface area contributed by atoms with Gasteiger partial charge in [0.15, 0.2) is 0 Å². The van der Waals surface area contributed by atoms with Gasteiger partial charge in [0.05, 0.1) is 35.3 Å². The second-order valence-electron chi connectivity index (χ2n) is 6.18. The van der Waals surface area contributed by atoms with Crippen LogP contribution in [-0.4, -0.2) is 26.9 Å². The number of hydrogen-bond acceptors (Lipinski definition) is 6. The van der Waals surface area contributed by atoms with Crippen LogP contribution in [0.1, 0.15) is 17.0 Å². The number of nitrogens with zero attached hydrogens (tertiary/aromatic N) is 4. The Morgan fingerprint density at radius 2 is 1.81 bits per heavy atom. The second-order valence-corrected chi connectivity index (χ2v) is 8.36. The number of nitrogens with one attached hydrogen (secondary N) is 1. The maximum atomic E-state index is 13.0. The molecule has 0 aliphatic carbocycles. The minimum atomic E-state index is -3.81. The summed E-state index contributed by atoms with van der Waals surface area (Å²) in [4.78, 5) is 0.114. The van der Waals surface area contributed by atoms with Gasteiger partial charge in [0, 0.05) is 0 Å². The van der Waals surface area contributed by atoms with E-state index in [1.54, 1.807) is 23.7 Å². The first kappa shape index (κ1) is 17.6. The fraction of sp³-hybridized carbons (Fsp3) is 0.167. The van der Waals surface area contributed by atoms with Crippen molar-refractivity contribution >= 4 is 38.5 Å². The molecule has 0 unspecified atom stereocenters. The molecule has 0 spiro atoms. The van der Waals surface area contributed by atoms with Crippen LogP contribution in [0.3, 0.4) is 0 Å². The number of hydrogen-bond donors (Lipinski definition) is 1. The van der Waals surface area contributed by atoms with Gasteiger partial charge in [0.25, 0.3) is 10.0 Å². The molecule has 0 bridgehead atoms. The number of aryl methyl sites for hydroxylation is 1. The van der Waals surface area contributed by atoms with E-state index in [9.17, 15) is 8.42 Å². The van der Waals surface area contributed by atoms with Crippen LogP contribution >= 0.6 is 11.7 Å². The van der Waals surface area contributed by atoms with Crippen LogP contribution in [-0.2, 0) is 16.6 Å². The van der Waals surface area contributed by atoms with E-state index >= 15 is 0 Å². The normalized spacial score (nSPS) is 11.8. The van der Waals surface area contributed by atoms with Gasteiger partial charge in [-0.05, 0) is 31.5 Å². The van der Waals surface area contributed by atoms with Crippen molar-refractivity contribution in [3.8, 4) is 0 Å². The van der Waals surface area contributed by atoms with Crippen molar-refractivity contribution < 1.29 is 8.42 Å². The SMILES string of the molecule is Cc1nn(Cc2ccccc2)c(C)c1NS(=O)(=O)c1cccc2nsnc12. The lowest BCUT2D eigenvalue weighted by Crippen LogP contribution is -2.15. The van der Waals surface area contributed by atoms with E-state index in [4.69, 9.17) is 0 Å². The molecule has 0 aliphatic heterocycles. The highest BCUT2D eigenvalue weighted by Crippen LogP contribution is 2.27. The number of benzene rings is 2. The average Bonchev–Trinajstić information content (AvgIpc) is 3.23. The van der Waals surface area contributed by atoms with Gasteiger partial charge in [-0.1, -0.05) is 36.4 Å². The Morgan fingerprint density at radius 3 is 2.59 bits per heavy atom. The summed E-state index contributed by atoms with van der Waals surface area (Å²) in [6, 6.07) is 14.8. The molecule has 7 nitrogen and oxygen atoms in total. The largest absolute Gasteiger partial charge is 0.276 e. The van der Waals surface area contributed by atoms with Gasteiger partial charge in [-0.2, -0.15) is 13.8 Å². The van der Waals surface area contributed by atoms with Gasteiger partial charge in [0.1, 0.15) is 15.9 Å². The van der Waals surface area contributed by atoms with Gasteiger partial charge in [-0.15, -0.1) is 0 Å². The van der Waals surface area contributed by atoms with Crippen molar-refractivity contribution in [2.24, 2.45) is 0 Å². The van der Waals surface area contributed by atoms with Gasteiger partial charge in [-0.3, -0.25) is 9.40 Å². The topological polar surface area (TPSA) is 89.8 Å². The average molecular weight is 400 g/mol. The smallest absolute Gasteiger partial charge is 0.264 e. The summed E-state index contributed by atoms with van der Waals surface area (Å²) in [6.07, 6.45) is 0. The molecule has 0 aliphatic rings. The first-order chi connectivity index (χ1) is 13.0. The Balaban J connectivity index is 1.69. The molecule has 9 heteroatoms. The number of rotatable bonds is 5. The van der Waals surface area contributed by atoms with E-state index in [-0.39, 0.29) is 4.90 Å². The van der Waals surface area contributed by atoms with Crippen LogP contribution in [0.2, 0.25) is 0 Å². The number of aromatic nitrogens is 4. The third kappa shape index (κ3) is 3.31. The van der Waals surface area contributed by atoms with Crippen LogP contribution in [0.15, 0.2) is 53.4 Å². The summed E-state index contributed by atoms with van der Waals surface area (Å²) in [6.45, 7) is 4.21. The van der Waals surface area contributed by atoms with Crippen molar-refractivity contribution in [2.75, 3.05) is 4.72 Å². The van der Waals surface area contributed by atoms with Crippen LogP contribution in [0.5, 0.6) is 0 Å². The maximum Gasteiger partial charge on any atom is 0.264 e. The maximum absolute atomic E-state index is 13.0. The fourth-order valence-electron chi connectivity index (χ4n) is 2.94. The van der Waals surface area contributed by atoms with Crippen LogP contribution < -0.4 is 4.72 Å². The van der Waals surface area contributed by atoms with E-state index in [1.165, 1.54) is 6.07 Å². The molecule has 4 rings (SSSR count). The number of fused-ring (bicyclic) bond motifs is 1. The van der Waals surface area contributed by atoms with Gasteiger partial charge in [-0.25, -0.2) is 8.42 Å². The highest BCUT2D eigenvalue weighted by molar-refractivity contribution is 7.93. The van der Waals surface area contributed by atoms with E-state index in [0.717, 1.165) is 23.0 Å². The highest BCUT2D eigenvalue weighted by atomic mass is 32.2. The molecule has 0 saturated heterocycles. The van der Waals surface area contributed by atoms with E-state index in [0.29, 0.717) is 29.0 Å². The van der Waals surface area contributed by atoms with Crippen LogP contribution in [0.25, 0.3) is 11.0 Å². The lowest BCUT2D eigenvalue weighted by Gasteiger charge is -2.09. The van der Waals surface area contributed by atoms with E-state index < -0.39 is 10.0 Å². The Labute approximate surface area is 161 Å². The molecule has 1 N–H and O–H groups in total. The molecule has 0 radical (unpaired) electrons. The zero-order chi connectivity index (χ0) is 19.0. The minimum Gasteiger partial charge on any atom is -0.276 e. The Bertz CT molecular complexity index is 1210. The zero-order valence-electron chi connectivity index (χ0n) is 14.7. The van der Waals surface area contributed by atoms with Crippen molar-refractivity contribution in [1.82, 2.24) is 18.5 Å². The molecule has 138 valence electrons. The van der Waals surface area contributed by atoms with E-state index in [2.05, 4.69) is 18.6 Å². The minimum absolute atomic E-state index is 0.114. The lowest BCUT2D eigenvalue weighted by molar-refractivity contribution is 0.602. The summed E-state index contributed by atoms with van der Waals surface area (Å²) in [5, 5.41) is 4.50. The van der Waals surface area contributed by atoms with Crippen molar-refractivity contribution in [3.63, 3.8) is 0 Å². The lowest BCUT2D eigenvalue weighted by atomic mass is 10.2. The molecule has 0 atom stereocenters. The molecule has 2 aromatic carbocycles. The molecule has 0 saturated carbocycles. The standard InChI is InChI=1S/C18H17N5O2S2/c1-12-17(13(2)23(19-12)11-14-7-4-3-5-8-14)22-27(24,25)16-10-6-9-15-18(16)21-26-20-15/h3-10,22H,11H2,1-2H3. The third-order valence-corrected chi connectivity index (χ3v) is 6.26. The van der Waals surface area contributed by atoms with Crippen molar-refractivity contribution in [1.29, 1.82) is 0 Å². The second kappa shape index (κ2) is 6.75. The van der Waals surface area contributed by atoms with Gasteiger partial charge in [0.2, 0.25) is 0 Å². The predicted molar refractivity (Wildman–Crippen MR) is 105 cm³/mol. The summed E-state index contributed by atoms with van der Waals surface area (Å²) in [7, 11) is -3.81. The molecular weight excluding hydrogens is 382 g/mol. The molecular formula is C18H17N5O2S2. The Kier molecular flexibility index (Phi) is 4.40.